The summed E-state index contributed by atoms with van der Waals surface area (Å²) >= 11 is 0. The second-order valence-electron chi connectivity index (χ2n) is 2.48. The lowest BCUT2D eigenvalue weighted by atomic mass is 10.3. The Morgan fingerprint density at radius 2 is 2.18 bits per heavy atom. The maximum Gasteiger partial charge on any atom is 0.305 e. The highest BCUT2D eigenvalue weighted by Gasteiger charge is 2.04. The Bertz CT molecular complexity index is 112. The summed E-state index contributed by atoms with van der Waals surface area (Å²) in [5.41, 5.74) is 0. The van der Waals surface area contributed by atoms with Crippen LogP contribution >= 0.6 is 0 Å². The molecule has 0 aliphatic carbocycles. The van der Waals surface area contributed by atoms with E-state index in [9.17, 15) is 4.79 Å². The molecule has 1 unspecified atom stereocenters. The van der Waals surface area contributed by atoms with Crippen LogP contribution in [0.4, 0.5) is 0 Å². The monoisotopic (exact) mass is 160 g/mol. The highest BCUT2D eigenvalue weighted by atomic mass is 16.6. The molecule has 0 rings (SSSR count). The number of ether oxygens (including phenoxy) is 2. The van der Waals surface area contributed by atoms with Gasteiger partial charge in [-0.05, 0) is 13.3 Å². The Morgan fingerprint density at radius 1 is 1.55 bits per heavy atom. The first kappa shape index (κ1) is 10.4. The van der Waals surface area contributed by atoms with Crippen molar-refractivity contribution in [3.8, 4) is 0 Å². The van der Waals surface area contributed by atoms with Crippen molar-refractivity contribution in [2.45, 2.75) is 32.8 Å². The number of esters is 1. The third-order valence-corrected chi connectivity index (χ3v) is 1.34. The van der Waals surface area contributed by atoms with Crippen molar-refractivity contribution in [1.82, 2.24) is 0 Å². The van der Waals surface area contributed by atoms with Crippen LogP contribution in [-0.4, -0.2) is 25.8 Å². The predicted molar refractivity (Wildman–Crippen MR) is 42.3 cm³/mol. The van der Waals surface area contributed by atoms with Gasteiger partial charge in [-0.2, -0.15) is 0 Å². The minimum Gasteiger partial charge on any atom is -0.463 e. The van der Waals surface area contributed by atoms with Crippen molar-refractivity contribution in [3.63, 3.8) is 0 Å². The summed E-state index contributed by atoms with van der Waals surface area (Å²) in [6.45, 7) is 4.16. The Kier molecular flexibility index (Phi) is 5.84. The average Bonchev–Trinajstić information content (AvgIpc) is 2.01. The minimum atomic E-state index is -0.142. The van der Waals surface area contributed by atoms with Crippen molar-refractivity contribution < 1.29 is 14.3 Å². The van der Waals surface area contributed by atoms with Crippen molar-refractivity contribution in [2.24, 2.45) is 0 Å². The van der Waals surface area contributed by atoms with Gasteiger partial charge < -0.3 is 9.47 Å². The topological polar surface area (TPSA) is 35.5 Å². The summed E-state index contributed by atoms with van der Waals surface area (Å²) < 4.78 is 9.77. The van der Waals surface area contributed by atoms with Gasteiger partial charge in [0.25, 0.3) is 0 Å². The molecular formula is C8H16O3. The lowest BCUT2D eigenvalue weighted by Crippen LogP contribution is -2.17. The SMILES string of the molecule is CCCC(=O)OCC(C)OC. The molecule has 0 aromatic rings. The average molecular weight is 160 g/mol. The van der Waals surface area contributed by atoms with E-state index in [1.807, 2.05) is 13.8 Å². The van der Waals surface area contributed by atoms with Crippen LogP contribution in [0.25, 0.3) is 0 Å². The molecule has 0 fully saturated rings. The standard InChI is InChI=1S/C8H16O3/c1-4-5-8(9)11-6-7(2)10-3/h7H,4-6H2,1-3H3. The molecule has 0 saturated carbocycles. The van der Waals surface area contributed by atoms with Crippen molar-refractivity contribution in [3.05, 3.63) is 0 Å². The fraction of sp³-hybridized carbons (Fsp3) is 0.875. The van der Waals surface area contributed by atoms with Gasteiger partial charge in [0.15, 0.2) is 0 Å². The van der Waals surface area contributed by atoms with E-state index >= 15 is 0 Å². The highest BCUT2D eigenvalue weighted by Crippen LogP contribution is 1.94. The molecule has 0 amide bonds. The Hall–Kier alpha value is -0.570. The summed E-state index contributed by atoms with van der Waals surface area (Å²) in [5.74, 6) is -0.142. The van der Waals surface area contributed by atoms with E-state index in [4.69, 9.17) is 9.47 Å². The van der Waals surface area contributed by atoms with E-state index in [-0.39, 0.29) is 12.1 Å². The molecule has 11 heavy (non-hydrogen) atoms. The third-order valence-electron chi connectivity index (χ3n) is 1.34. The Morgan fingerprint density at radius 3 is 2.64 bits per heavy atom. The van der Waals surface area contributed by atoms with Gasteiger partial charge in [0.1, 0.15) is 6.61 Å². The second-order valence-corrected chi connectivity index (χ2v) is 2.48. The van der Waals surface area contributed by atoms with Crippen LogP contribution in [-0.2, 0) is 14.3 Å². The lowest BCUT2D eigenvalue weighted by Gasteiger charge is -2.09. The van der Waals surface area contributed by atoms with Gasteiger partial charge in [-0.15, -0.1) is 0 Å². The number of hydrogen-bond donors (Lipinski definition) is 0. The molecule has 0 aliphatic rings. The molecule has 66 valence electrons. The first-order chi connectivity index (χ1) is 5.20. The summed E-state index contributed by atoms with van der Waals surface area (Å²) in [6, 6.07) is 0. The zero-order valence-corrected chi connectivity index (χ0v) is 7.42. The summed E-state index contributed by atoms with van der Waals surface area (Å²) in [5, 5.41) is 0. The number of carbonyl (C=O) groups is 1. The summed E-state index contributed by atoms with van der Waals surface area (Å²) in [6.07, 6.45) is 1.33. The van der Waals surface area contributed by atoms with Crippen LogP contribution < -0.4 is 0 Å². The van der Waals surface area contributed by atoms with Crippen LogP contribution in [0.3, 0.4) is 0 Å². The van der Waals surface area contributed by atoms with Gasteiger partial charge >= 0.3 is 5.97 Å². The van der Waals surface area contributed by atoms with Crippen LogP contribution in [0.15, 0.2) is 0 Å². The molecule has 3 nitrogen and oxygen atoms in total. The van der Waals surface area contributed by atoms with Gasteiger partial charge in [-0.3, -0.25) is 4.79 Å². The van der Waals surface area contributed by atoms with Gasteiger partial charge in [0.05, 0.1) is 6.10 Å². The largest absolute Gasteiger partial charge is 0.463 e. The maximum atomic E-state index is 10.8. The van der Waals surface area contributed by atoms with Gasteiger partial charge in [0.2, 0.25) is 0 Å². The molecule has 1 atom stereocenters. The Balaban J connectivity index is 3.30. The van der Waals surface area contributed by atoms with Crippen LogP contribution in [0.1, 0.15) is 26.7 Å². The van der Waals surface area contributed by atoms with E-state index in [0.717, 1.165) is 6.42 Å². The third kappa shape index (κ3) is 5.85. The molecular weight excluding hydrogens is 144 g/mol. The molecule has 0 spiro atoms. The molecule has 0 aromatic carbocycles. The Labute approximate surface area is 67.7 Å². The van der Waals surface area contributed by atoms with Crippen molar-refractivity contribution in [1.29, 1.82) is 0 Å². The zero-order chi connectivity index (χ0) is 8.69. The first-order valence-electron chi connectivity index (χ1n) is 3.89. The molecule has 0 N–H and O–H groups in total. The predicted octanol–water partition coefficient (Wildman–Crippen LogP) is 1.36. The van der Waals surface area contributed by atoms with E-state index in [0.29, 0.717) is 13.0 Å². The summed E-state index contributed by atoms with van der Waals surface area (Å²) in [4.78, 5) is 10.8. The van der Waals surface area contributed by atoms with Crippen LogP contribution in [0, 0.1) is 0 Å². The molecule has 0 bridgehead atoms. The number of carbonyl (C=O) groups excluding carboxylic acids is 1. The van der Waals surface area contributed by atoms with Crippen LogP contribution in [0.2, 0.25) is 0 Å². The fourth-order valence-electron chi connectivity index (χ4n) is 0.555. The quantitative estimate of drug-likeness (QED) is 0.570. The molecule has 0 radical (unpaired) electrons. The molecule has 0 heterocycles. The molecule has 0 aromatic heterocycles. The smallest absolute Gasteiger partial charge is 0.305 e. The van der Waals surface area contributed by atoms with Gasteiger partial charge in [0, 0.05) is 13.5 Å². The number of hydrogen-bond acceptors (Lipinski definition) is 3. The number of rotatable bonds is 5. The zero-order valence-electron chi connectivity index (χ0n) is 7.42. The first-order valence-corrected chi connectivity index (χ1v) is 3.89. The second kappa shape index (κ2) is 6.16. The molecule has 3 heteroatoms. The maximum absolute atomic E-state index is 10.8. The highest BCUT2D eigenvalue weighted by molar-refractivity contribution is 5.69. The van der Waals surface area contributed by atoms with Crippen molar-refractivity contribution in [2.75, 3.05) is 13.7 Å². The minimum absolute atomic E-state index is 0.00388. The van der Waals surface area contributed by atoms with E-state index in [1.54, 1.807) is 7.11 Å². The normalized spacial score (nSPS) is 12.6. The molecule has 0 aliphatic heterocycles. The van der Waals surface area contributed by atoms with Gasteiger partial charge in [-0.1, -0.05) is 6.92 Å². The van der Waals surface area contributed by atoms with Gasteiger partial charge in [-0.25, -0.2) is 0 Å². The van der Waals surface area contributed by atoms with E-state index < -0.39 is 0 Å². The molecule has 0 saturated heterocycles. The van der Waals surface area contributed by atoms with Crippen LogP contribution in [0.5, 0.6) is 0 Å². The van der Waals surface area contributed by atoms with Crippen molar-refractivity contribution >= 4 is 5.97 Å². The number of methoxy groups -OCH3 is 1. The summed E-state index contributed by atoms with van der Waals surface area (Å²) in [7, 11) is 1.60. The van der Waals surface area contributed by atoms with E-state index in [2.05, 4.69) is 0 Å². The fourth-order valence-corrected chi connectivity index (χ4v) is 0.555. The van der Waals surface area contributed by atoms with E-state index in [1.165, 1.54) is 0 Å². The lowest BCUT2D eigenvalue weighted by molar-refractivity contribution is -0.146.